The fourth-order valence-corrected chi connectivity index (χ4v) is 1.59. The van der Waals surface area contributed by atoms with Crippen LogP contribution < -0.4 is 0 Å². The summed E-state index contributed by atoms with van der Waals surface area (Å²) < 4.78 is 0. The highest BCUT2D eigenvalue weighted by molar-refractivity contribution is 6.31. The summed E-state index contributed by atoms with van der Waals surface area (Å²) in [5.74, 6) is 6.81. The van der Waals surface area contributed by atoms with Crippen molar-refractivity contribution in [1.29, 1.82) is 0 Å². The lowest BCUT2D eigenvalue weighted by Crippen LogP contribution is -1.85. The minimum Gasteiger partial charge on any atom is -0.127 e. The van der Waals surface area contributed by atoms with Crippen LogP contribution in [-0.2, 0) is 0 Å². The molecule has 0 aliphatic heterocycles. The van der Waals surface area contributed by atoms with Gasteiger partial charge in [0, 0.05) is 17.9 Å². The van der Waals surface area contributed by atoms with Gasteiger partial charge < -0.3 is 0 Å². The first-order valence-corrected chi connectivity index (χ1v) is 5.88. The van der Waals surface area contributed by atoms with E-state index in [1.54, 1.807) is 0 Å². The molecule has 80 valence electrons. The molecule has 0 spiro atoms. The third-order valence-corrected chi connectivity index (χ3v) is 2.82. The van der Waals surface area contributed by atoms with Crippen LogP contribution in [-0.4, -0.2) is 5.88 Å². The molecule has 0 atom stereocenters. The summed E-state index contributed by atoms with van der Waals surface area (Å²) in [4.78, 5) is 0. The molecule has 0 aliphatic rings. The van der Waals surface area contributed by atoms with Crippen molar-refractivity contribution in [2.45, 2.75) is 26.7 Å². The Kier molecular flexibility index (Phi) is 5.02. The summed E-state index contributed by atoms with van der Waals surface area (Å²) >= 11 is 11.7. The summed E-state index contributed by atoms with van der Waals surface area (Å²) in [5.41, 5.74) is 3.33. The number of rotatable bonds is 2. The van der Waals surface area contributed by atoms with Crippen LogP contribution in [0.4, 0.5) is 0 Å². The van der Waals surface area contributed by atoms with Gasteiger partial charge >= 0.3 is 0 Å². The van der Waals surface area contributed by atoms with E-state index < -0.39 is 0 Å². The van der Waals surface area contributed by atoms with Crippen molar-refractivity contribution < 1.29 is 0 Å². The molecule has 0 unspecified atom stereocenters. The summed E-state index contributed by atoms with van der Waals surface area (Å²) in [6, 6.07) is 3.99. The molecule has 1 aromatic rings. The topological polar surface area (TPSA) is 0 Å². The molecular formula is C13H14Cl2. The molecule has 0 amide bonds. The molecule has 0 saturated carbocycles. The maximum atomic E-state index is 6.09. The van der Waals surface area contributed by atoms with Gasteiger partial charge in [-0.2, -0.15) is 0 Å². The average Bonchev–Trinajstić information content (AvgIpc) is 2.20. The van der Waals surface area contributed by atoms with Gasteiger partial charge in [-0.05, 0) is 43.5 Å². The number of unbranched alkanes of at least 4 members (excludes halogenated alkanes) is 1. The highest BCUT2D eigenvalue weighted by Crippen LogP contribution is 2.19. The van der Waals surface area contributed by atoms with E-state index in [9.17, 15) is 0 Å². The van der Waals surface area contributed by atoms with Crippen LogP contribution >= 0.6 is 23.2 Å². The lowest BCUT2D eigenvalue weighted by atomic mass is 10.1. The molecular weight excluding hydrogens is 227 g/mol. The van der Waals surface area contributed by atoms with Gasteiger partial charge in [-0.3, -0.25) is 0 Å². The second kappa shape index (κ2) is 6.05. The van der Waals surface area contributed by atoms with Crippen molar-refractivity contribution in [3.05, 3.63) is 33.8 Å². The molecule has 0 bridgehead atoms. The number of hydrogen-bond acceptors (Lipinski definition) is 0. The SMILES string of the molecule is Cc1cc(Cl)c(C#CCCCCl)cc1C. The number of alkyl halides is 1. The van der Waals surface area contributed by atoms with E-state index in [-0.39, 0.29) is 0 Å². The molecule has 0 aliphatic carbocycles. The van der Waals surface area contributed by atoms with E-state index in [0.717, 1.165) is 23.4 Å². The van der Waals surface area contributed by atoms with Gasteiger partial charge in [0.1, 0.15) is 0 Å². The minimum atomic E-state index is 0.662. The average molecular weight is 241 g/mol. The standard InChI is InChI=1S/C13H14Cl2/c1-10-8-12(6-4-3-5-7-14)13(15)9-11(10)2/h8-9H,3,5,7H2,1-2H3. The fourth-order valence-electron chi connectivity index (χ4n) is 1.19. The van der Waals surface area contributed by atoms with E-state index >= 15 is 0 Å². The summed E-state index contributed by atoms with van der Waals surface area (Å²) in [5, 5.41) is 0.733. The van der Waals surface area contributed by atoms with Gasteiger partial charge in [-0.25, -0.2) is 0 Å². The lowest BCUT2D eigenvalue weighted by Gasteiger charge is -2.02. The van der Waals surface area contributed by atoms with Crippen LogP contribution in [0.2, 0.25) is 5.02 Å². The van der Waals surface area contributed by atoms with Crippen LogP contribution in [0.15, 0.2) is 12.1 Å². The van der Waals surface area contributed by atoms with E-state index in [1.807, 2.05) is 19.1 Å². The van der Waals surface area contributed by atoms with Crippen molar-refractivity contribution in [2.24, 2.45) is 0 Å². The number of benzene rings is 1. The third-order valence-electron chi connectivity index (χ3n) is 2.24. The monoisotopic (exact) mass is 240 g/mol. The van der Waals surface area contributed by atoms with Crippen molar-refractivity contribution in [3.8, 4) is 11.8 Å². The van der Waals surface area contributed by atoms with Gasteiger partial charge in [-0.1, -0.05) is 23.4 Å². The van der Waals surface area contributed by atoms with Crippen LogP contribution in [0.5, 0.6) is 0 Å². The highest BCUT2D eigenvalue weighted by atomic mass is 35.5. The molecule has 1 rings (SSSR count). The lowest BCUT2D eigenvalue weighted by molar-refractivity contribution is 0.991. The molecule has 0 heterocycles. The minimum absolute atomic E-state index is 0.662. The first kappa shape index (κ1) is 12.4. The van der Waals surface area contributed by atoms with E-state index in [2.05, 4.69) is 18.8 Å². The first-order chi connectivity index (χ1) is 7.15. The van der Waals surface area contributed by atoms with Crippen LogP contribution in [0.3, 0.4) is 0 Å². The normalized spacial score (nSPS) is 9.60. The van der Waals surface area contributed by atoms with E-state index in [4.69, 9.17) is 23.2 Å². The number of aryl methyl sites for hydroxylation is 2. The Hall–Kier alpha value is -0.640. The maximum absolute atomic E-state index is 6.09. The zero-order valence-corrected chi connectivity index (χ0v) is 10.5. The molecule has 0 N–H and O–H groups in total. The maximum Gasteiger partial charge on any atom is 0.0565 e. The molecule has 0 fully saturated rings. The summed E-state index contributed by atoms with van der Waals surface area (Å²) in [6.07, 6.45) is 1.75. The molecule has 1 aromatic carbocycles. The predicted octanol–water partition coefficient (Wildman–Crippen LogP) is 4.33. The Bertz CT molecular complexity index is 397. The quantitative estimate of drug-likeness (QED) is 0.410. The smallest absolute Gasteiger partial charge is 0.0565 e. The van der Waals surface area contributed by atoms with Crippen LogP contribution in [0.25, 0.3) is 0 Å². The largest absolute Gasteiger partial charge is 0.127 e. The van der Waals surface area contributed by atoms with Crippen LogP contribution in [0.1, 0.15) is 29.5 Å². The molecule has 0 radical (unpaired) electrons. The fraction of sp³-hybridized carbons (Fsp3) is 0.385. The molecule has 0 aromatic heterocycles. The second-order valence-corrected chi connectivity index (χ2v) is 4.30. The van der Waals surface area contributed by atoms with E-state index in [0.29, 0.717) is 5.88 Å². The molecule has 15 heavy (non-hydrogen) atoms. The Balaban J connectivity index is 2.84. The summed E-state index contributed by atoms with van der Waals surface area (Å²) in [7, 11) is 0. The predicted molar refractivity (Wildman–Crippen MR) is 67.8 cm³/mol. The van der Waals surface area contributed by atoms with Crippen molar-refractivity contribution in [2.75, 3.05) is 5.88 Å². The van der Waals surface area contributed by atoms with E-state index in [1.165, 1.54) is 11.1 Å². The van der Waals surface area contributed by atoms with Crippen LogP contribution in [0, 0.1) is 25.7 Å². The number of halogens is 2. The Morgan fingerprint density at radius 3 is 2.53 bits per heavy atom. The zero-order chi connectivity index (χ0) is 11.3. The Morgan fingerprint density at radius 1 is 1.20 bits per heavy atom. The van der Waals surface area contributed by atoms with Crippen molar-refractivity contribution >= 4 is 23.2 Å². The second-order valence-electron chi connectivity index (χ2n) is 3.51. The van der Waals surface area contributed by atoms with Gasteiger partial charge in [-0.15, -0.1) is 11.6 Å². The molecule has 2 heteroatoms. The van der Waals surface area contributed by atoms with Gasteiger partial charge in [0.05, 0.1) is 5.02 Å². The van der Waals surface area contributed by atoms with Crippen molar-refractivity contribution in [3.63, 3.8) is 0 Å². The first-order valence-electron chi connectivity index (χ1n) is 4.96. The molecule has 0 saturated heterocycles. The Labute approximate surface area is 102 Å². The van der Waals surface area contributed by atoms with Gasteiger partial charge in [0.15, 0.2) is 0 Å². The molecule has 0 nitrogen and oxygen atoms in total. The van der Waals surface area contributed by atoms with Gasteiger partial charge in [0.25, 0.3) is 0 Å². The van der Waals surface area contributed by atoms with Crippen molar-refractivity contribution in [1.82, 2.24) is 0 Å². The Morgan fingerprint density at radius 2 is 1.87 bits per heavy atom. The zero-order valence-electron chi connectivity index (χ0n) is 9.03. The third kappa shape index (κ3) is 3.78. The highest BCUT2D eigenvalue weighted by Gasteiger charge is 2.00. The summed E-state index contributed by atoms with van der Waals surface area (Å²) in [6.45, 7) is 4.11. The van der Waals surface area contributed by atoms with Gasteiger partial charge in [0.2, 0.25) is 0 Å². The number of hydrogen-bond donors (Lipinski definition) is 0.